The van der Waals surface area contributed by atoms with Crippen molar-refractivity contribution in [2.45, 2.75) is 25.7 Å². The third-order valence-corrected chi connectivity index (χ3v) is 5.69. The van der Waals surface area contributed by atoms with E-state index in [9.17, 15) is 4.79 Å². The van der Waals surface area contributed by atoms with Gasteiger partial charge in [-0.15, -0.1) is 0 Å². The lowest BCUT2D eigenvalue weighted by atomic mass is 10.0. The lowest BCUT2D eigenvalue weighted by Gasteiger charge is -2.10. The highest BCUT2D eigenvalue weighted by atomic mass is 16.5. The van der Waals surface area contributed by atoms with Crippen LogP contribution in [0, 0.1) is 0 Å². The topological polar surface area (TPSA) is 50.6 Å². The summed E-state index contributed by atoms with van der Waals surface area (Å²) in [7, 11) is 9.81. The first-order valence-corrected chi connectivity index (χ1v) is 11.5. The SMILES string of the molecule is COC(=O)c1ccc(-n2cc(CCCN(C)C)c(-c3ccc(CCCN(C)C)cc3)n2)cc1. The second-order valence-electron chi connectivity index (χ2n) is 9.00. The Bertz CT molecular complexity index is 1020. The Hall–Kier alpha value is -2.96. The zero-order valence-corrected chi connectivity index (χ0v) is 20.5. The first kappa shape index (κ1) is 24.7. The average Bonchev–Trinajstić information content (AvgIpc) is 3.23. The van der Waals surface area contributed by atoms with Gasteiger partial charge < -0.3 is 14.5 Å². The van der Waals surface area contributed by atoms with Crippen LogP contribution >= 0.6 is 0 Å². The monoisotopic (exact) mass is 448 g/mol. The van der Waals surface area contributed by atoms with Crippen LogP contribution in [0.25, 0.3) is 16.9 Å². The number of benzene rings is 2. The molecule has 33 heavy (non-hydrogen) atoms. The standard InChI is InChI=1S/C27H36N4O2/c1-29(2)18-6-8-21-10-12-22(13-11-21)26-24(9-7-19-30(3)4)20-31(28-26)25-16-14-23(15-17-25)27(32)33-5/h10-17,20H,6-9,18-19H2,1-5H3. The summed E-state index contributed by atoms with van der Waals surface area (Å²) in [6, 6.07) is 16.2. The van der Waals surface area contributed by atoms with Crippen LogP contribution in [0.2, 0.25) is 0 Å². The molecule has 0 atom stereocenters. The van der Waals surface area contributed by atoms with Crippen LogP contribution in [0.1, 0.15) is 34.3 Å². The maximum absolute atomic E-state index is 11.8. The van der Waals surface area contributed by atoms with E-state index in [1.807, 2.05) is 16.8 Å². The zero-order chi connectivity index (χ0) is 23.8. The lowest BCUT2D eigenvalue weighted by molar-refractivity contribution is 0.0600. The van der Waals surface area contributed by atoms with Gasteiger partial charge in [-0.05, 0) is 102 Å². The molecule has 1 aromatic heterocycles. The van der Waals surface area contributed by atoms with Gasteiger partial charge in [0, 0.05) is 11.8 Å². The number of nitrogens with zero attached hydrogens (tertiary/aromatic N) is 4. The number of rotatable bonds is 11. The Kier molecular flexibility index (Phi) is 8.80. The first-order valence-electron chi connectivity index (χ1n) is 11.5. The smallest absolute Gasteiger partial charge is 0.337 e. The van der Waals surface area contributed by atoms with E-state index >= 15 is 0 Å². The first-order chi connectivity index (χ1) is 15.9. The summed E-state index contributed by atoms with van der Waals surface area (Å²) >= 11 is 0. The van der Waals surface area contributed by atoms with Crippen LogP contribution in [0.5, 0.6) is 0 Å². The van der Waals surface area contributed by atoms with Gasteiger partial charge in [0.1, 0.15) is 0 Å². The third kappa shape index (κ3) is 7.01. The molecule has 0 unspecified atom stereocenters. The summed E-state index contributed by atoms with van der Waals surface area (Å²) in [6.07, 6.45) is 6.37. The molecule has 0 saturated heterocycles. The quantitative estimate of drug-likeness (QED) is 0.409. The highest BCUT2D eigenvalue weighted by Crippen LogP contribution is 2.26. The van der Waals surface area contributed by atoms with E-state index in [1.54, 1.807) is 12.1 Å². The number of methoxy groups -OCH3 is 1. The number of hydrogen-bond acceptors (Lipinski definition) is 5. The van der Waals surface area contributed by atoms with E-state index < -0.39 is 0 Å². The van der Waals surface area contributed by atoms with Crippen molar-refractivity contribution in [3.8, 4) is 16.9 Å². The van der Waals surface area contributed by atoms with E-state index in [0.717, 1.165) is 55.7 Å². The van der Waals surface area contributed by atoms with E-state index in [2.05, 4.69) is 68.5 Å². The van der Waals surface area contributed by atoms with Crippen molar-refractivity contribution >= 4 is 5.97 Å². The van der Waals surface area contributed by atoms with E-state index in [4.69, 9.17) is 9.84 Å². The van der Waals surface area contributed by atoms with Gasteiger partial charge in [0.2, 0.25) is 0 Å². The molecule has 3 rings (SSSR count). The summed E-state index contributed by atoms with van der Waals surface area (Å²) in [4.78, 5) is 16.2. The maximum atomic E-state index is 11.8. The van der Waals surface area contributed by atoms with Crippen molar-refractivity contribution in [3.05, 3.63) is 71.4 Å². The molecule has 0 aliphatic rings. The van der Waals surface area contributed by atoms with Gasteiger partial charge >= 0.3 is 5.97 Å². The van der Waals surface area contributed by atoms with Crippen molar-refractivity contribution < 1.29 is 9.53 Å². The van der Waals surface area contributed by atoms with Crippen molar-refractivity contribution in [3.63, 3.8) is 0 Å². The molecule has 0 fully saturated rings. The molecule has 3 aromatic rings. The van der Waals surface area contributed by atoms with Crippen LogP contribution in [0.4, 0.5) is 0 Å². The van der Waals surface area contributed by atoms with Gasteiger partial charge in [0.15, 0.2) is 0 Å². The van der Waals surface area contributed by atoms with E-state index in [0.29, 0.717) is 5.56 Å². The number of aromatic nitrogens is 2. The van der Waals surface area contributed by atoms with Crippen LogP contribution < -0.4 is 0 Å². The lowest BCUT2D eigenvalue weighted by Crippen LogP contribution is -2.13. The minimum atomic E-state index is -0.335. The maximum Gasteiger partial charge on any atom is 0.337 e. The van der Waals surface area contributed by atoms with Crippen molar-refractivity contribution in [1.82, 2.24) is 19.6 Å². The van der Waals surface area contributed by atoms with Crippen LogP contribution in [0.15, 0.2) is 54.7 Å². The molecular weight excluding hydrogens is 412 g/mol. The molecule has 0 N–H and O–H groups in total. The van der Waals surface area contributed by atoms with Gasteiger partial charge in [0.25, 0.3) is 0 Å². The Morgan fingerprint density at radius 2 is 1.48 bits per heavy atom. The van der Waals surface area contributed by atoms with Crippen molar-refractivity contribution in [2.75, 3.05) is 48.4 Å². The number of ether oxygens (including phenoxy) is 1. The predicted octanol–water partition coefficient (Wildman–Crippen LogP) is 4.31. The second-order valence-corrected chi connectivity index (χ2v) is 9.00. The summed E-state index contributed by atoms with van der Waals surface area (Å²) in [5.41, 5.74) is 6.19. The number of aryl methyl sites for hydroxylation is 2. The van der Waals surface area contributed by atoms with Crippen LogP contribution in [-0.4, -0.2) is 73.9 Å². The molecule has 0 bridgehead atoms. The highest BCUT2D eigenvalue weighted by molar-refractivity contribution is 5.89. The van der Waals surface area contributed by atoms with Crippen LogP contribution in [0.3, 0.4) is 0 Å². The molecule has 2 aromatic carbocycles. The van der Waals surface area contributed by atoms with Crippen molar-refractivity contribution in [1.29, 1.82) is 0 Å². The van der Waals surface area contributed by atoms with Gasteiger partial charge in [-0.3, -0.25) is 0 Å². The molecule has 0 aliphatic heterocycles. The number of hydrogen-bond donors (Lipinski definition) is 0. The molecule has 6 nitrogen and oxygen atoms in total. The molecule has 0 aliphatic carbocycles. The largest absolute Gasteiger partial charge is 0.465 e. The number of carbonyl (C=O) groups excluding carboxylic acids is 1. The Morgan fingerprint density at radius 1 is 0.879 bits per heavy atom. The average molecular weight is 449 g/mol. The molecule has 176 valence electrons. The normalized spacial score (nSPS) is 11.4. The summed E-state index contributed by atoms with van der Waals surface area (Å²) in [5, 5.41) is 4.94. The Labute approximate surface area is 197 Å². The van der Waals surface area contributed by atoms with Gasteiger partial charge in [-0.25, -0.2) is 9.48 Å². The minimum absolute atomic E-state index is 0.335. The Morgan fingerprint density at radius 3 is 2.06 bits per heavy atom. The number of esters is 1. The molecule has 0 amide bonds. The molecule has 0 saturated carbocycles. The molecule has 0 spiro atoms. The van der Waals surface area contributed by atoms with E-state index in [-0.39, 0.29) is 5.97 Å². The fourth-order valence-electron chi connectivity index (χ4n) is 3.85. The predicted molar refractivity (Wildman–Crippen MR) is 134 cm³/mol. The third-order valence-electron chi connectivity index (χ3n) is 5.69. The summed E-state index contributed by atoms with van der Waals surface area (Å²) in [6.45, 7) is 2.13. The van der Waals surface area contributed by atoms with Gasteiger partial charge in [-0.1, -0.05) is 24.3 Å². The van der Waals surface area contributed by atoms with Gasteiger partial charge in [-0.2, -0.15) is 5.10 Å². The summed E-state index contributed by atoms with van der Waals surface area (Å²) in [5.74, 6) is -0.335. The van der Waals surface area contributed by atoms with Gasteiger partial charge in [0.05, 0.1) is 24.1 Å². The Balaban J connectivity index is 1.84. The number of carbonyl (C=O) groups is 1. The van der Waals surface area contributed by atoms with Crippen molar-refractivity contribution in [2.24, 2.45) is 0 Å². The highest BCUT2D eigenvalue weighted by Gasteiger charge is 2.13. The van der Waals surface area contributed by atoms with Crippen LogP contribution in [-0.2, 0) is 17.6 Å². The fraction of sp³-hybridized carbons (Fsp3) is 0.407. The van der Waals surface area contributed by atoms with E-state index in [1.165, 1.54) is 18.2 Å². The molecule has 6 heteroatoms. The zero-order valence-electron chi connectivity index (χ0n) is 20.5. The minimum Gasteiger partial charge on any atom is -0.465 e. The molecular formula is C27H36N4O2. The summed E-state index contributed by atoms with van der Waals surface area (Å²) < 4.78 is 6.71. The molecule has 1 heterocycles. The fourth-order valence-corrected chi connectivity index (χ4v) is 3.85. The molecule has 0 radical (unpaired) electrons. The second kappa shape index (κ2) is 11.8.